The molecule has 0 unspecified atom stereocenters. The van der Waals surface area contributed by atoms with Crippen molar-refractivity contribution < 1.29 is 4.74 Å². The largest absolute Gasteiger partial charge is 0.378 e. The molecule has 2 rings (SSSR count). The lowest BCUT2D eigenvalue weighted by Crippen LogP contribution is -2.44. The second-order valence-corrected chi connectivity index (χ2v) is 5.53. The average molecular weight is 266 g/mol. The van der Waals surface area contributed by atoms with Crippen LogP contribution in [-0.2, 0) is 16.8 Å². The smallest absolute Gasteiger partial charge is 0.191 e. The van der Waals surface area contributed by atoms with Gasteiger partial charge in [-0.25, -0.2) is 14.7 Å². The Balaban J connectivity index is 2.03. The van der Waals surface area contributed by atoms with Crippen molar-refractivity contribution in [2.24, 2.45) is 10.7 Å². The predicted octanol–water partition coefficient (Wildman–Crippen LogP) is 0.180. The second-order valence-electron chi connectivity index (χ2n) is 5.53. The van der Waals surface area contributed by atoms with E-state index >= 15 is 0 Å². The molecule has 0 amide bonds. The maximum absolute atomic E-state index is 5.99. The minimum atomic E-state index is -0.102. The third-order valence-corrected chi connectivity index (χ3v) is 2.97. The minimum absolute atomic E-state index is 0.102. The van der Waals surface area contributed by atoms with Gasteiger partial charge >= 0.3 is 0 Å². The van der Waals surface area contributed by atoms with Gasteiger partial charge in [-0.2, -0.15) is 5.10 Å². The third-order valence-electron chi connectivity index (χ3n) is 2.97. The Morgan fingerprint density at radius 2 is 2.11 bits per heavy atom. The van der Waals surface area contributed by atoms with E-state index in [-0.39, 0.29) is 5.54 Å². The van der Waals surface area contributed by atoms with Crippen molar-refractivity contribution in [2.45, 2.75) is 32.9 Å². The van der Waals surface area contributed by atoms with Crippen molar-refractivity contribution in [3.05, 3.63) is 12.2 Å². The highest BCUT2D eigenvalue weighted by Gasteiger charge is 2.18. The number of ether oxygens (including phenoxy) is 1. The molecular weight excluding hydrogens is 244 g/mol. The highest BCUT2D eigenvalue weighted by atomic mass is 16.5. The van der Waals surface area contributed by atoms with Gasteiger partial charge < -0.3 is 15.4 Å². The molecule has 1 aromatic heterocycles. The number of morpholine rings is 1. The molecule has 0 saturated carbocycles. The fourth-order valence-corrected chi connectivity index (χ4v) is 1.98. The van der Waals surface area contributed by atoms with Crippen LogP contribution in [-0.4, -0.2) is 51.9 Å². The normalized spacial score (nSPS) is 17.8. The van der Waals surface area contributed by atoms with Gasteiger partial charge in [-0.1, -0.05) is 0 Å². The molecular formula is C12H22N6O. The second kappa shape index (κ2) is 5.56. The van der Waals surface area contributed by atoms with E-state index in [0.29, 0.717) is 25.7 Å². The topological polar surface area (TPSA) is 81.6 Å². The quantitative estimate of drug-likeness (QED) is 0.610. The summed E-state index contributed by atoms with van der Waals surface area (Å²) in [6.45, 7) is 9.69. The van der Waals surface area contributed by atoms with Crippen LogP contribution >= 0.6 is 0 Å². The number of hydrogen-bond donors (Lipinski definition) is 1. The molecule has 1 aliphatic heterocycles. The summed E-state index contributed by atoms with van der Waals surface area (Å²) < 4.78 is 7.16. The summed E-state index contributed by atoms with van der Waals surface area (Å²) in [5, 5.41) is 4.24. The number of aliphatic imine (C=N–C) groups is 1. The van der Waals surface area contributed by atoms with E-state index in [1.165, 1.54) is 0 Å². The highest BCUT2D eigenvalue weighted by Crippen LogP contribution is 2.14. The SMILES string of the molecule is CC(C)(C)n1ncnc1CN=C(N)N1CCOCC1. The van der Waals surface area contributed by atoms with E-state index in [2.05, 4.69) is 35.8 Å². The van der Waals surface area contributed by atoms with Crippen LogP contribution in [0.3, 0.4) is 0 Å². The standard InChI is InChI=1S/C12H22N6O/c1-12(2,3)18-10(15-9-16-18)8-14-11(13)17-4-6-19-7-5-17/h9H,4-8H2,1-3H3,(H2,13,14). The first-order valence-corrected chi connectivity index (χ1v) is 6.50. The Morgan fingerprint density at radius 1 is 1.42 bits per heavy atom. The van der Waals surface area contributed by atoms with Crippen LogP contribution in [0.1, 0.15) is 26.6 Å². The number of nitrogens with two attached hydrogens (primary N) is 1. The van der Waals surface area contributed by atoms with E-state index in [4.69, 9.17) is 10.5 Å². The summed E-state index contributed by atoms with van der Waals surface area (Å²) in [7, 11) is 0. The number of rotatable bonds is 2. The molecule has 1 aromatic rings. The molecule has 7 heteroatoms. The molecule has 0 spiro atoms. The van der Waals surface area contributed by atoms with E-state index in [0.717, 1.165) is 18.9 Å². The average Bonchev–Trinajstić information content (AvgIpc) is 2.85. The fourth-order valence-electron chi connectivity index (χ4n) is 1.98. The maximum atomic E-state index is 5.99. The Kier molecular flexibility index (Phi) is 4.04. The molecule has 106 valence electrons. The van der Waals surface area contributed by atoms with Gasteiger partial charge in [0.25, 0.3) is 0 Å². The third kappa shape index (κ3) is 3.44. The van der Waals surface area contributed by atoms with E-state index in [1.54, 1.807) is 6.33 Å². The Hall–Kier alpha value is -1.63. The molecule has 0 aromatic carbocycles. The first-order chi connectivity index (χ1) is 8.98. The van der Waals surface area contributed by atoms with Crippen LogP contribution in [0.25, 0.3) is 0 Å². The van der Waals surface area contributed by atoms with Gasteiger partial charge in [-0.15, -0.1) is 0 Å². The molecule has 7 nitrogen and oxygen atoms in total. The summed E-state index contributed by atoms with van der Waals surface area (Å²) in [6, 6.07) is 0. The molecule has 0 bridgehead atoms. The molecule has 19 heavy (non-hydrogen) atoms. The predicted molar refractivity (Wildman–Crippen MR) is 72.7 cm³/mol. The van der Waals surface area contributed by atoms with Crippen LogP contribution in [0.15, 0.2) is 11.3 Å². The lowest BCUT2D eigenvalue weighted by Gasteiger charge is -2.27. The molecule has 0 atom stereocenters. The summed E-state index contributed by atoms with van der Waals surface area (Å²) >= 11 is 0. The summed E-state index contributed by atoms with van der Waals surface area (Å²) in [4.78, 5) is 10.7. The van der Waals surface area contributed by atoms with Crippen LogP contribution in [0.2, 0.25) is 0 Å². The molecule has 0 radical (unpaired) electrons. The van der Waals surface area contributed by atoms with Crippen LogP contribution in [0.4, 0.5) is 0 Å². The van der Waals surface area contributed by atoms with Crippen molar-refractivity contribution in [1.82, 2.24) is 19.7 Å². The van der Waals surface area contributed by atoms with Crippen molar-refractivity contribution in [3.8, 4) is 0 Å². The molecule has 1 fully saturated rings. The van der Waals surface area contributed by atoms with Gasteiger partial charge in [0.1, 0.15) is 18.7 Å². The Labute approximate surface area is 113 Å². The zero-order chi connectivity index (χ0) is 13.9. The highest BCUT2D eigenvalue weighted by molar-refractivity contribution is 5.78. The van der Waals surface area contributed by atoms with Crippen LogP contribution < -0.4 is 5.73 Å². The van der Waals surface area contributed by atoms with E-state index < -0.39 is 0 Å². The number of guanidine groups is 1. The monoisotopic (exact) mass is 266 g/mol. The van der Waals surface area contributed by atoms with E-state index in [9.17, 15) is 0 Å². The lowest BCUT2D eigenvalue weighted by atomic mass is 10.1. The molecule has 0 aliphatic carbocycles. The summed E-state index contributed by atoms with van der Waals surface area (Å²) in [6.07, 6.45) is 1.56. The zero-order valence-electron chi connectivity index (χ0n) is 11.8. The van der Waals surface area contributed by atoms with E-state index in [1.807, 2.05) is 9.58 Å². The van der Waals surface area contributed by atoms with Gasteiger partial charge in [0.2, 0.25) is 0 Å². The summed E-state index contributed by atoms with van der Waals surface area (Å²) in [5.41, 5.74) is 5.88. The zero-order valence-corrected chi connectivity index (χ0v) is 11.8. The van der Waals surface area contributed by atoms with Crippen molar-refractivity contribution >= 4 is 5.96 Å². The van der Waals surface area contributed by atoms with Gasteiger partial charge in [-0.3, -0.25) is 0 Å². The van der Waals surface area contributed by atoms with Crippen molar-refractivity contribution in [1.29, 1.82) is 0 Å². The van der Waals surface area contributed by atoms with Crippen molar-refractivity contribution in [3.63, 3.8) is 0 Å². The van der Waals surface area contributed by atoms with Gasteiger partial charge in [-0.05, 0) is 20.8 Å². The first-order valence-electron chi connectivity index (χ1n) is 6.50. The molecule has 2 N–H and O–H groups in total. The minimum Gasteiger partial charge on any atom is -0.378 e. The number of nitrogens with zero attached hydrogens (tertiary/aromatic N) is 5. The van der Waals surface area contributed by atoms with Crippen LogP contribution in [0, 0.1) is 0 Å². The lowest BCUT2D eigenvalue weighted by molar-refractivity contribution is 0.0674. The molecule has 1 saturated heterocycles. The van der Waals surface area contributed by atoms with Gasteiger partial charge in [0.15, 0.2) is 5.96 Å². The number of aromatic nitrogens is 3. The van der Waals surface area contributed by atoms with Gasteiger partial charge in [0.05, 0.1) is 18.8 Å². The Bertz CT molecular complexity index is 441. The van der Waals surface area contributed by atoms with Crippen molar-refractivity contribution in [2.75, 3.05) is 26.3 Å². The number of hydrogen-bond acceptors (Lipinski definition) is 4. The molecule has 2 heterocycles. The fraction of sp³-hybridized carbons (Fsp3) is 0.750. The van der Waals surface area contributed by atoms with Gasteiger partial charge in [0, 0.05) is 13.1 Å². The summed E-state index contributed by atoms with van der Waals surface area (Å²) in [5.74, 6) is 1.37. The first kappa shape index (κ1) is 13.8. The van der Waals surface area contributed by atoms with Crippen LogP contribution in [0.5, 0.6) is 0 Å². The Morgan fingerprint density at radius 3 is 2.74 bits per heavy atom. The maximum Gasteiger partial charge on any atom is 0.191 e. The molecule has 1 aliphatic rings.